The molecule has 0 bridgehead atoms. The molecule has 2 aromatic heterocycles. The number of ether oxygens (including phenoxy) is 1. The van der Waals surface area contributed by atoms with Crippen molar-refractivity contribution in [3.63, 3.8) is 0 Å². The molecule has 0 amide bonds. The summed E-state index contributed by atoms with van der Waals surface area (Å²) < 4.78 is 43.3. The molecule has 2 N–H and O–H groups in total. The molecular weight excluding hydrogens is 597 g/mol. The zero-order valence-corrected chi connectivity index (χ0v) is 25.4. The van der Waals surface area contributed by atoms with E-state index in [1.165, 1.54) is 36.1 Å². The summed E-state index contributed by atoms with van der Waals surface area (Å²) in [5, 5.41) is 8.58. The van der Waals surface area contributed by atoms with Crippen molar-refractivity contribution in [2.75, 3.05) is 23.9 Å². The molecule has 0 saturated heterocycles. The molecule has 0 saturated carbocycles. The molecule has 5 rings (SSSR count). The van der Waals surface area contributed by atoms with E-state index < -0.39 is 9.84 Å². The highest BCUT2D eigenvalue weighted by molar-refractivity contribution is 7.90. The van der Waals surface area contributed by atoms with E-state index in [2.05, 4.69) is 25.6 Å². The van der Waals surface area contributed by atoms with Crippen LogP contribution in [0.3, 0.4) is 0 Å². The zero-order chi connectivity index (χ0) is 29.7. The van der Waals surface area contributed by atoms with Crippen molar-refractivity contribution >= 4 is 55.2 Å². The van der Waals surface area contributed by atoms with E-state index in [0.717, 1.165) is 32.8 Å². The number of halogens is 2. The predicted octanol–water partition coefficient (Wildman–Crippen LogP) is 6.95. The molecule has 218 valence electrons. The van der Waals surface area contributed by atoms with Crippen molar-refractivity contribution < 1.29 is 17.5 Å². The lowest BCUT2D eigenvalue weighted by Gasteiger charge is -2.15. The molecule has 0 aliphatic rings. The summed E-state index contributed by atoms with van der Waals surface area (Å²) in [5.41, 5.74) is 3.01. The second kappa shape index (κ2) is 13.1. The van der Waals surface area contributed by atoms with E-state index in [1.54, 1.807) is 30.5 Å². The molecule has 12 heteroatoms. The lowest BCUT2D eigenvalue weighted by Crippen LogP contribution is -2.27. The van der Waals surface area contributed by atoms with Gasteiger partial charge >= 0.3 is 0 Å². The average Bonchev–Trinajstić information content (AvgIpc) is 3.45. The summed E-state index contributed by atoms with van der Waals surface area (Å²) in [7, 11) is -3.18. The Hall–Kier alpha value is -3.64. The Kier molecular flexibility index (Phi) is 9.32. The maximum absolute atomic E-state index is 13.5. The number of rotatable bonds is 12. The van der Waals surface area contributed by atoms with Crippen molar-refractivity contribution in [2.24, 2.45) is 0 Å². The number of hydrogen-bond donors (Lipinski definition) is 2. The molecule has 0 radical (unpaired) electrons. The van der Waals surface area contributed by atoms with Crippen LogP contribution in [0.15, 0.2) is 73.2 Å². The van der Waals surface area contributed by atoms with Crippen LogP contribution in [-0.4, -0.2) is 41.9 Å². The molecule has 8 nitrogen and oxygen atoms in total. The highest BCUT2D eigenvalue weighted by atomic mass is 35.5. The minimum absolute atomic E-state index is 0.00541. The first-order chi connectivity index (χ1) is 20.2. The highest BCUT2D eigenvalue weighted by Gasteiger charge is 2.20. The van der Waals surface area contributed by atoms with Crippen molar-refractivity contribution in [1.29, 1.82) is 0 Å². The Morgan fingerprint density at radius 2 is 1.93 bits per heavy atom. The third-order valence-electron chi connectivity index (χ3n) is 6.34. The number of fused-ring (bicyclic) bond motifs is 1. The van der Waals surface area contributed by atoms with E-state index in [9.17, 15) is 12.8 Å². The van der Waals surface area contributed by atoms with Gasteiger partial charge < -0.3 is 15.4 Å². The van der Waals surface area contributed by atoms with Gasteiger partial charge in [0.05, 0.1) is 22.3 Å². The Balaban J connectivity index is 1.36. The number of benzene rings is 3. The monoisotopic (exact) mass is 625 g/mol. The van der Waals surface area contributed by atoms with Gasteiger partial charge in [-0.3, -0.25) is 0 Å². The minimum atomic E-state index is -3.18. The summed E-state index contributed by atoms with van der Waals surface area (Å²) in [4.78, 5) is 14.3. The van der Waals surface area contributed by atoms with E-state index in [0.29, 0.717) is 34.4 Å². The normalized spacial score (nSPS) is 12.4. The second-order valence-corrected chi connectivity index (χ2v) is 13.5. The molecule has 0 aliphatic carbocycles. The van der Waals surface area contributed by atoms with Crippen molar-refractivity contribution in [1.82, 2.24) is 20.3 Å². The Labute approximate surface area is 252 Å². The lowest BCUT2D eigenvalue weighted by atomic mass is 10.1. The van der Waals surface area contributed by atoms with Crippen LogP contribution in [-0.2, 0) is 16.4 Å². The topological polar surface area (TPSA) is 106 Å². The number of thiazole rings is 1. The van der Waals surface area contributed by atoms with Gasteiger partial charge in [0.15, 0.2) is 0 Å². The summed E-state index contributed by atoms with van der Waals surface area (Å²) in [6.07, 6.45) is 5.36. The highest BCUT2D eigenvalue weighted by Crippen LogP contribution is 2.34. The molecule has 2 heterocycles. The maximum atomic E-state index is 13.5. The molecule has 0 aliphatic heterocycles. The van der Waals surface area contributed by atoms with Gasteiger partial charge in [0.1, 0.15) is 45.2 Å². The first-order valence-electron chi connectivity index (χ1n) is 13.2. The summed E-state index contributed by atoms with van der Waals surface area (Å²) in [6.45, 7) is 2.93. The van der Waals surface area contributed by atoms with Gasteiger partial charge in [-0.1, -0.05) is 30.7 Å². The fraction of sp³-hybridized carbons (Fsp3) is 0.233. The van der Waals surface area contributed by atoms with Crippen LogP contribution in [0.25, 0.3) is 21.5 Å². The number of aromatic nitrogens is 3. The van der Waals surface area contributed by atoms with Gasteiger partial charge in [0, 0.05) is 34.0 Å². The summed E-state index contributed by atoms with van der Waals surface area (Å²) in [6, 6.07) is 17.0. The van der Waals surface area contributed by atoms with Crippen LogP contribution in [0, 0.1) is 5.82 Å². The molecule has 5 aromatic rings. The number of nitrogens with zero attached hydrogens (tertiary/aromatic N) is 3. The quantitative estimate of drug-likeness (QED) is 0.153. The molecule has 3 aromatic carbocycles. The van der Waals surface area contributed by atoms with Gasteiger partial charge in [0.25, 0.3) is 0 Å². The Morgan fingerprint density at radius 3 is 2.69 bits per heavy atom. The molecule has 1 unspecified atom stereocenters. The van der Waals surface area contributed by atoms with Crippen LogP contribution >= 0.6 is 22.9 Å². The standard InChI is InChI=1S/C30H29ClFN5O3S2/c1-3-11-33-26(17-42(2,38)39)28-15-34-30(41-28)20-7-9-25-23(13-20)29(36-18-35-25)37-22-8-10-27(24(31)14-22)40-16-19-5-4-6-21(32)12-19/h4-10,12-15,18,26,33H,3,11,16-17H2,1-2H3,(H,35,36,37). The number of anilines is 2. The third kappa shape index (κ3) is 7.60. The number of nitrogens with one attached hydrogen (secondary N) is 2. The molecule has 42 heavy (non-hydrogen) atoms. The minimum Gasteiger partial charge on any atom is -0.487 e. The van der Waals surface area contributed by atoms with Crippen LogP contribution in [0.4, 0.5) is 15.9 Å². The second-order valence-electron chi connectivity index (χ2n) is 9.81. The predicted molar refractivity (Wildman–Crippen MR) is 167 cm³/mol. The number of sulfone groups is 1. The Bertz CT molecular complexity index is 1820. The smallest absolute Gasteiger partial charge is 0.149 e. The molecule has 0 spiro atoms. The van der Waals surface area contributed by atoms with Crippen LogP contribution in [0.2, 0.25) is 5.02 Å². The largest absolute Gasteiger partial charge is 0.487 e. The number of hydrogen-bond acceptors (Lipinski definition) is 9. The zero-order valence-electron chi connectivity index (χ0n) is 23.0. The molecular formula is C30H29ClFN5O3S2. The van der Waals surface area contributed by atoms with Crippen molar-refractivity contribution in [3.8, 4) is 16.3 Å². The van der Waals surface area contributed by atoms with E-state index in [1.807, 2.05) is 31.2 Å². The van der Waals surface area contributed by atoms with E-state index in [-0.39, 0.29) is 24.2 Å². The fourth-order valence-corrected chi connectivity index (χ4v) is 6.58. The van der Waals surface area contributed by atoms with Crippen molar-refractivity contribution in [2.45, 2.75) is 26.0 Å². The van der Waals surface area contributed by atoms with Crippen molar-refractivity contribution in [3.05, 3.63) is 94.5 Å². The van der Waals surface area contributed by atoms with Gasteiger partial charge in [-0.2, -0.15) is 0 Å². The lowest BCUT2D eigenvalue weighted by molar-refractivity contribution is 0.306. The van der Waals surface area contributed by atoms with Gasteiger partial charge in [-0.05, 0) is 67.1 Å². The molecule has 0 fully saturated rings. The summed E-state index contributed by atoms with van der Waals surface area (Å²) >= 11 is 7.95. The van der Waals surface area contributed by atoms with Gasteiger partial charge in [-0.25, -0.2) is 27.8 Å². The van der Waals surface area contributed by atoms with Crippen LogP contribution in [0.1, 0.15) is 29.8 Å². The maximum Gasteiger partial charge on any atom is 0.149 e. The third-order valence-corrected chi connectivity index (χ3v) is 8.73. The Morgan fingerprint density at radius 1 is 1.07 bits per heavy atom. The first-order valence-corrected chi connectivity index (χ1v) is 16.5. The van der Waals surface area contributed by atoms with Gasteiger partial charge in [-0.15, -0.1) is 11.3 Å². The molecule has 1 atom stereocenters. The fourth-order valence-electron chi connectivity index (χ4n) is 4.35. The van der Waals surface area contributed by atoms with Gasteiger partial charge in [0.2, 0.25) is 0 Å². The first kappa shape index (κ1) is 29.8. The van der Waals surface area contributed by atoms with E-state index >= 15 is 0 Å². The van der Waals surface area contributed by atoms with Crippen LogP contribution in [0.5, 0.6) is 5.75 Å². The average molecular weight is 626 g/mol. The SMILES string of the molecule is CCCNC(CS(C)(=O)=O)c1cnc(-c2ccc3ncnc(Nc4ccc(OCc5cccc(F)c5)c(Cl)c4)c3c2)s1. The summed E-state index contributed by atoms with van der Waals surface area (Å²) in [5.74, 6) is 0.745. The van der Waals surface area contributed by atoms with Crippen LogP contribution < -0.4 is 15.4 Å². The van der Waals surface area contributed by atoms with E-state index in [4.69, 9.17) is 16.3 Å².